The molecule has 1 aliphatic heterocycles. The van der Waals surface area contributed by atoms with Gasteiger partial charge >= 0.3 is 0 Å². The van der Waals surface area contributed by atoms with Crippen LogP contribution in [-0.4, -0.2) is 47.2 Å². The van der Waals surface area contributed by atoms with Gasteiger partial charge in [-0.25, -0.2) is 4.98 Å². The number of rotatable bonds is 2. The van der Waals surface area contributed by atoms with E-state index in [9.17, 15) is 9.90 Å². The predicted molar refractivity (Wildman–Crippen MR) is 66.6 cm³/mol. The van der Waals surface area contributed by atoms with Crippen LogP contribution in [-0.2, 0) is 0 Å². The average molecular weight is 250 g/mol. The number of amides is 1. The van der Waals surface area contributed by atoms with Gasteiger partial charge in [-0.3, -0.25) is 4.79 Å². The lowest BCUT2D eigenvalue weighted by Crippen LogP contribution is -2.32. The Balaban J connectivity index is 2.05. The lowest BCUT2D eigenvalue weighted by Gasteiger charge is -2.20. The summed E-state index contributed by atoms with van der Waals surface area (Å²) >= 11 is 0. The van der Waals surface area contributed by atoms with Crippen LogP contribution in [0.2, 0.25) is 0 Å². The highest BCUT2D eigenvalue weighted by Gasteiger charge is 2.20. The molecule has 2 heterocycles. The highest BCUT2D eigenvalue weighted by atomic mass is 16.5. The molecule has 0 aliphatic carbocycles. The van der Waals surface area contributed by atoms with Crippen molar-refractivity contribution in [1.82, 2.24) is 9.88 Å². The molecule has 1 unspecified atom stereocenters. The van der Waals surface area contributed by atoms with Crippen molar-refractivity contribution in [3.63, 3.8) is 0 Å². The maximum atomic E-state index is 12.2. The molecule has 0 saturated carbocycles. The second-order valence-electron chi connectivity index (χ2n) is 4.47. The molecule has 98 valence electrons. The van der Waals surface area contributed by atoms with Crippen molar-refractivity contribution >= 4 is 5.91 Å². The first-order valence-corrected chi connectivity index (χ1v) is 6.18. The van der Waals surface area contributed by atoms with Gasteiger partial charge in [0, 0.05) is 25.4 Å². The molecule has 1 amide bonds. The van der Waals surface area contributed by atoms with Crippen molar-refractivity contribution in [1.29, 1.82) is 0 Å². The Kier molecular flexibility index (Phi) is 4.15. The number of nitrogens with zero attached hydrogens (tertiary/aromatic N) is 2. The molecule has 1 N–H and O–H groups in total. The van der Waals surface area contributed by atoms with Gasteiger partial charge in [0.1, 0.15) is 0 Å². The summed E-state index contributed by atoms with van der Waals surface area (Å²) in [5.74, 6) is 0.470. The fourth-order valence-corrected chi connectivity index (χ4v) is 2.09. The van der Waals surface area contributed by atoms with Gasteiger partial charge in [0.2, 0.25) is 5.88 Å². The lowest BCUT2D eigenvalue weighted by atomic mass is 10.2. The number of aliphatic hydroxyl groups excluding tert-OH is 1. The van der Waals surface area contributed by atoms with E-state index >= 15 is 0 Å². The molecule has 18 heavy (non-hydrogen) atoms. The van der Waals surface area contributed by atoms with Crippen LogP contribution in [0.25, 0.3) is 0 Å². The zero-order valence-electron chi connectivity index (χ0n) is 10.5. The molecule has 1 aromatic rings. The number of carbonyl (C=O) groups is 1. The molecule has 5 nitrogen and oxygen atoms in total. The van der Waals surface area contributed by atoms with Crippen LogP contribution < -0.4 is 4.74 Å². The highest BCUT2D eigenvalue weighted by Crippen LogP contribution is 2.14. The number of carbonyl (C=O) groups excluding carboxylic acids is 1. The van der Waals surface area contributed by atoms with Crippen molar-refractivity contribution in [2.75, 3.05) is 20.2 Å². The molecule has 1 atom stereocenters. The van der Waals surface area contributed by atoms with E-state index in [1.165, 1.54) is 6.20 Å². The largest absolute Gasteiger partial charge is 0.481 e. The van der Waals surface area contributed by atoms with E-state index in [1.807, 2.05) is 0 Å². The van der Waals surface area contributed by atoms with E-state index in [1.54, 1.807) is 24.1 Å². The lowest BCUT2D eigenvalue weighted by molar-refractivity contribution is 0.0752. The van der Waals surface area contributed by atoms with Crippen LogP contribution in [0, 0.1) is 0 Å². The van der Waals surface area contributed by atoms with Crippen LogP contribution >= 0.6 is 0 Å². The number of aliphatic hydroxyl groups is 1. The molecule has 0 spiro atoms. The molecule has 1 aromatic heterocycles. The summed E-state index contributed by atoms with van der Waals surface area (Å²) in [6.45, 7) is 1.30. The van der Waals surface area contributed by atoms with Crippen molar-refractivity contribution in [2.24, 2.45) is 0 Å². The molecule has 0 bridgehead atoms. The van der Waals surface area contributed by atoms with Crippen molar-refractivity contribution in [2.45, 2.75) is 25.4 Å². The molecular weight excluding hydrogens is 232 g/mol. The Morgan fingerprint density at radius 2 is 2.28 bits per heavy atom. The van der Waals surface area contributed by atoms with Gasteiger partial charge in [0.15, 0.2) is 0 Å². The van der Waals surface area contributed by atoms with Crippen LogP contribution in [0.4, 0.5) is 0 Å². The zero-order valence-corrected chi connectivity index (χ0v) is 10.5. The monoisotopic (exact) mass is 250 g/mol. The van der Waals surface area contributed by atoms with Crippen molar-refractivity contribution in [3.8, 4) is 5.88 Å². The molecule has 0 aromatic carbocycles. The van der Waals surface area contributed by atoms with Gasteiger partial charge < -0.3 is 14.7 Å². The predicted octanol–water partition coefficient (Wildman–Crippen LogP) is 1.08. The third-order valence-electron chi connectivity index (χ3n) is 3.18. The van der Waals surface area contributed by atoms with Crippen molar-refractivity contribution in [3.05, 3.63) is 23.9 Å². The van der Waals surface area contributed by atoms with E-state index in [2.05, 4.69) is 4.98 Å². The molecular formula is C13H18N2O3. The minimum atomic E-state index is -0.281. The summed E-state index contributed by atoms with van der Waals surface area (Å²) in [5, 5.41) is 9.56. The molecule has 0 radical (unpaired) electrons. The number of hydrogen-bond donors (Lipinski definition) is 1. The smallest absolute Gasteiger partial charge is 0.255 e. The van der Waals surface area contributed by atoms with Crippen LogP contribution in [0.1, 0.15) is 29.6 Å². The average Bonchev–Trinajstić information content (AvgIpc) is 2.63. The number of methoxy groups -OCH3 is 1. The fourth-order valence-electron chi connectivity index (χ4n) is 2.09. The van der Waals surface area contributed by atoms with Crippen LogP contribution in [0.5, 0.6) is 5.88 Å². The van der Waals surface area contributed by atoms with Gasteiger partial charge in [0.05, 0.1) is 18.8 Å². The zero-order chi connectivity index (χ0) is 13.0. The van der Waals surface area contributed by atoms with E-state index in [0.717, 1.165) is 12.8 Å². The number of pyridine rings is 1. The second kappa shape index (κ2) is 5.82. The molecule has 1 saturated heterocycles. The molecule has 1 fully saturated rings. The first-order valence-electron chi connectivity index (χ1n) is 6.18. The molecule has 1 aliphatic rings. The number of aromatic nitrogens is 1. The Morgan fingerprint density at radius 3 is 2.94 bits per heavy atom. The Labute approximate surface area is 106 Å². The maximum absolute atomic E-state index is 12.2. The molecule has 5 heteroatoms. The Bertz CT molecular complexity index is 405. The van der Waals surface area contributed by atoms with E-state index in [-0.39, 0.29) is 12.0 Å². The van der Waals surface area contributed by atoms with Crippen LogP contribution in [0.15, 0.2) is 18.3 Å². The number of hydrogen-bond acceptors (Lipinski definition) is 4. The summed E-state index contributed by atoms with van der Waals surface area (Å²) < 4.78 is 4.96. The topological polar surface area (TPSA) is 62.7 Å². The minimum Gasteiger partial charge on any atom is -0.481 e. The third-order valence-corrected chi connectivity index (χ3v) is 3.18. The van der Waals surface area contributed by atoms with E-state index in [0.29, 0.717) is 31.0 Å². The normalized spacial score (nSPS) is 20.3. The number of likely N-dealkylation sites (tertiary alicyclic amines) is 1. The van der Waals surface area contributed by atoms with Gasteiger partial charge in [0.25, 0.3) is 5.91 Å². The summed E-state index contributed by atoms with van der Waals surface area (Å²) in [7, 11) is 1.54. The van der Waals surface area contributed by atoms with E-state index < -0.39 is 0 Å². The van der Waals surface area contributed by atoms with Gasteiger partial charge in [-0.05, 0) is 25.3 Å². The van der Waals surface area contributed by atoms with Crippen LogP contribution in [0.3, 0.4) is 0 Å². The molecule has 2 rings (SSSR count). The summed E-state index contributed by atoms with van der Waals surface area (Å²) in [6.07, 6.45) is 3.51. The van der Waals surface area contributed by atoms with Crippen molar-refractivity contribution < 1.29 is 14.6 Å². The third kappa shape index (κ3) is 2.98. The second-order valence-corrected chi connectivity index (χ2v) is 4.47. The fraction of sp³-hybridized carbons (Fsp3) is 0.538. The first kappa shape index (κ1) is 12.8. The van der Waals surface area contributed by atoms with Gasteiger partial charge in [-0.2, -0.15) is 0 Å². The summed E-state index contributed by atoms with van der Waals surface area (Å²) in [6, 6.07) is 3.40. The standard InChI is InChI=1S/C13H18N2O3/c1-18-12-5-4-10(9-14-12)13(17)15-7-2-3-11(16)6-8-15/h4-5,9,11,16H,2-3,6-8H2,1H3. The Morgan fingerprint density at radius 1 is 1.44 bits per heavy atom. The number of ether oxygens (including phenoxy) is 1. The van der Waals surface area contributed by atoms with E-state index in [4.69, 9.17) is 4.74 Å². The quantitative estimate of drug-likeness (QED) is 0.853. The summed E-state index contributed by atoms with van der Waals surface area (Å²) in [5.41, 5.74) is 0.562. The Hall–Kier alpha value is -1.62. The maximum Gasteiger partial charge on any atom is 0.255 e. The minimum absolute atomic E-state index is 0.0285. The SMILES string of the molecule is COc1ccc(C(=O)N2CCCC(O)CC2)cn1. The highest BCUT2D eigenvalue weighted by molar-refractivity contribution is 5.94. The van der Waals surface area contributed by atoms with Gasteiger partial charge in [-0.1, -0.05) is 0 Å². The summed E-state index contributed by atoms with van der Waals surface area (Å²) in [4.78, 5) is 18.0. The first-order chi connectivity index (χ1) is 8.70. The van der Waals surface area contributed by atoms with Gasteiger partial charge in [-0.15, -0.1) is 0 Å².